The van der Waals surface area contributed by atoms with E-state index in [2.05, 4.69) is 38.2 Å². The van der Waals surface area contributed by atoms with Crippen LogP contribution in [0, 0.1) is 11.3 Å². The van der Waals surface area contributed by atoms with Gasteiger partial charge < -0.3 is 5.32 Å². The first kappa shape index (κ1) is 25.2. The maximum Gasteiger partial charge on any atom is 0.220 e. The van der Waals surface area contributed by atoms with Crippen LogP contribution in [0.1, 0.15) is 95.3 Å². The maximum absolute atomic E-state index is 12.5. The normalized spacial score (nSPS) is 20.1. The monoisotopic (exact) mass is 447 g/mol. The molecule has 1 aliphatic carbocycles. The molecular formula is C30H41NO2. The number of nitrogens with one attached hydrogen (secondary N) is 1. The van der Waals surface area contributed by atoms with Crippen molar-refractivity contribution < 1.29 is 9.59 Å². The molecule has 1 N–H and O–H groups in total. The van der Waals surface area contributed by atoms with Gasteiger partial charge in [-0.2, -0.15) is 0 Å². The molecule has 0 spiro atoms. The van der Waals surface area contributed by atoms with Crippen LogP contribution in [0.2, 0.25) is 0 Å². The van der Waals surface area contributed by atoms with Gasteiger partial charge in [-0.1, -0.05) is 94.6 Å². The van der Waals surface area contributed by atoms with Crippen molar-refractivity contribution in [2.24, 2.45) is 11.3 Å². The third kappa shape index (κ3) is 7.84. The molecule has 33 heavy (non-hydrogen) atoms. The van der Waals surface area contributed by atoms with Gasteiger partial charge in [-0.25, -0.2) is 0 Å². The highest BCUT2D eigenvalue weighted by Crippen LogP contribution is 2.36. The van der Waals surface area contributed by atoms with Crippen LogP contribution >= 0.6 is 0 Å². The van der Waals surface area contributed by atoms with Crippen LogP contribution in [0.3, 0.4) is 0 Å². The minimum atomic E-state index is 0.181. The Balaban J connectivity index is 1.32. The summed E-state index contributed by atoms with van der Waals surface area (Å²) in [7, 11) is 0. The van der Waals surface area contributed by atoms with E-state index in [4.69, 9.17) is 0 Å². The lowest BCUT2D eigenvalue weighted by molar-refractivity contribution is -0.122. The molecule has 3 nitrogen and oxygen atoms in total. The molecule has 0 saturated heterocycles. The van der Waals surface area contributed by atoms with Crippen LogP contribution in [-0.4, -0.2) is 17.7 Å². The minimum Gasteiger partial charge on any atom is -0.353 e. The maximum atomic E-state index is 12.5. The molecule has 1 fully saturated rings. The molecule has 0 aliphatic heterocycles. The van der Waals surface area contributed by atoms with Gasteiger partial charge in [-0.3, -0.25) is 9.59 Å². The number of amides is 1. The fourth-order valence-electron chi connectivity index (χ4n) is 4.86. The molecule has 2 aromatic rings. The van der Waals surface area contributed by atoms with Crippen LogP contribution in [0.25, 0.3) is 11.1 Å². The third-order valence-corrected chi connectivity index (χ3v) is 7.38. The van der Waals surface area contributed by atoms with Crippen molar-refractivity contribution in [1.82, 2.24) is 5.32 Å². The number of ketones is 1. The zero-order valence-electron chi connectivity index (χ0n) is 20.7. The summed E-state index contributed by atoms with van der Waals surface area (Å²) < 4.78 is 0. The largest absolute Gasteiger partial charge is 0.353 e. The summed E-state index contributed by atoms with van der Waals surface area (Å²) >= 11 is 0. The lowest BCUT2D eigenvalue weighted by atomic mass is 9.80. The van der Waals surface area contributed by atoms with Crippen molar-refractivity contribution in [2.75, 3.05) is 0 Å². The second-order valence-corrected chi connectivity index (χ2v) is 10.6. The second-order valence-electron chi connectivity index (χ2n) is 10.6. The lowest BCUT2D eigenvalue weighted by Gasteiger charge is -2.33. The van der Waals surface area contributed by atoms with E-state index in [-0.39, 0.29) is 17.1 Å². The fourth-order valence-corrected chi connectivity index (χ4v) is 4.86. The molecule has 0 aromatic heterocycles. The summed E-state index contributed by atoms with van der Waals surface area (Å²) in [6.45, 7) is 6.91. The van der Waals surface area contributed by atoms with Gasteiger partial charge in [0.25, 0.3) is 0 Å². The highest BCUT2D eigenvalue weighted by Gasteiger charge is 2.33. The van der Waals surface area contributed by atoms with Gasteiger partial charge in [0.05, 0.1) is 0 Å². The van der Waals surface area contributed by atoms with E-state index in [0.717, 1.165) is 54.7 Å². The summed E-state index contributed by atoms with van der Waals surface area (Å²) in [5.41, 5.74) is 3.26. The van der Waals surface area contributed by atoms with Gasteiger partial charge in [0.1, 0.15) is 0 Å². The molecule has 2 aromatic carbocycles. The average molecular weight is 448 g/mol. The van der Waals surface area contributed by atoms with Crippen molar-refractivity contribution >= 4 is 11.7 Å². The van der Waals surface area contributed by atoms with E-state index < -0.39 is 0 Å². The van der Waals surface area contributed by atoms with E-state index in [9.17, 15) is 9.59 Å². The first-order chi connectivity index (χ1) is 15.8. The zero-order valence-corrected chi connectivity index (χ0v) is 20.7. The second kappa shape index (κ2) is 12.2. The van der Waals surface area contributed by atoms with Crippen LogP contribution in [-0.2, 0) is 4.79 Å². The van der Waals surface area contributed by atoms with Gasteiger partial charge in [0.2, 0.25) is 5.91 Å². The van der Waals surface area contributed by atoms with Crippen LogP contribution < -0.4 is 5.32 Å². The first-order valence-corrected chi connectivity index (χ1v) is 12.8. The van der Waals surface area contributed by atoms with Crippen LogP contribution in [0.15, 0.2) is 54.6 Å². The van der Waals surface area contributed by atoms with Crippen molar-refractivity contribution in [1.29, 1.82) is 0 Å². The number of carbonyl (C=O) groups excluding carboxylic acids is 2. The fraction of sp³-hybridized carbons (Fsp3) is 0.533. The highest BCUT2D eigenvalue weighted by molar-refractivity contribution is 5.96. The molecule has 3 heteroatoms. The Morgan fingerprint density at radius 1 is 0.818 bits per heavy atom. The molecule has 0 bridgehead atoms. The Hall–Kier alpha value is -2.42. The minimum absolute atomic E-state index is 0.181. The number of hydrogen-bond acceptors (Lipinski definition) is 2. The Morgan fingerprint density at radius 3 is 2.15 bits per heavy atom. The van der Waals surface area contributed by atoms with Crippen molar-refractivity contribution in [3.8, 4) is 11.1 Å². The topological polar surface area (TPSA) is 46.2 Å². The number of benzene rings is 2. The Morgan fingerprint density at radius 2 is 1.45 bits per heavy atom. The third-order valence-electron chi connectivity index (χ3n) is 7.38. The quantitative estimate of drug-likeness (QED) is 0.231. The molecule has 0 radical (unpaired) electrons. The average Bonchev–Trinajstić information content (AvgIpc) is 2.95. The number of rotatable bonds is 10. The molecular weight excluding hydrogens is 406 g/mol. The van der Waals surface area contributed by atoms with Crippen LogP contribution in [0.4, 0.5) is 0 Å². The van der Waals surface area contributed by atoms with Gasteiger partial charge in [-0.05, 0) is 54.6 Å². The van der Waals surface area contributed by atoms with Gasteiger partial charge in [0, 0.05) is 24.4 Å². The first-order valence-electron chi connectivity index (χ1n) is 12.8. The SMILES string of the molecule is CC1CCC(NC(=O)CCCCCCC(=O)c2ccc(-c3ccccc3)cc2)C(C)(C)CC1. The molecule has 1 amide bonds. The Labute approximate surface area is 200 Å². The molecule has 3 rings (SSSR count). The van der Waals surface area contributed by atoms with E-state index >= 15 is 0 Å². The molecule has 1 aliphatic rings. The van der Waals surface area contributed by atoms with Crippen molar-refractivity contribution in [3.05, 3.63) is 60.2 Å². The molecule has 2 unspecified atom stereocenters. The predicted octanol–water partition coefficient (Wildman–Crippen LogP) is 7.60. The van der Waals surface area contributed by atoms with E-state index in [1.807, 2.05) is 42.5 Å². The smallest absolute Gasteiger partial charge is 0.220 e. The van der Waals surface area contributed by atoms with Crippen molar-refractivity contribution in [3.63, 3.8) is 0 Å². The molecule has 0 heterocycles. The number of Topliss-reactive ketones (excluding diaryl/α,β-unsaturated/α-hetero) is 1. The van der Waals surface area contributed by atoms with E-state index in [0.29, 0.717) is 18.9 Å². The summed E-state index contributed by atoms with van der Waals surface area (Å²) in [6, 6.07) is 18.4. The summed E-state index contributed by atoms with van der Waals surface area (Å²) in [6.07, 6.45) is 9.68. The molecule has 2 atom stereocenters. The predicted molar refractivity (Wildman–Crippen MR) is 137 cm³/mol. The van der Waals surface area contributed by atoms with Crippen LogP contribution in [0.5, 0.6) is 0 Å². The van der Waals surface area contributed by atoms with Gasteiger partial charge in [0.15, 0.2) is 5.78 Å². The summed E-state index contributed by atoms with van der Waals surface area (Å²) in [5.74, 6) is 1.16. The number of unbranched alkanes of at least 4 members (excludes halogenated alkanes) is 3. The Kier molecular flexibility index (Phi) is 9.29. The highest BCUT2D eigenvalue weighted by atomic mass is 16.1. The molecule has 178 valence electrons. The standard InChI is InChI=1S/C30H41NO2/c1-23-15-20-28(30(2,3)22-21-23)31-29(33)14-10-5-4-9-13-27(32)26-18-16-25(17-19-26)24-11-7-6-8-12-24/h6-8,11-12,16-19,23,28H,4-5,9-10,13-15,20-22H2,1-3H3,(H,31,33). The van der Waals surface area contributed by atoms with E-state index in [1.165, 1.54) is 19.3 Å². The van der Waals surface area contributed by atoms with Gasteiger partial charge >= 0.3 is 0 Å². The zero-order chi connectivity index (χ0) is 23.7. The van der Waals surface area contributed by atoms with Crippen molar-refractivity contribution in [2.45, 2.75) is 91.0 Å². The number of hydrogen-bond donors (Lipinski definition) is 1. The summed E-state index contributed by atoms with van der Waals surface area (Å²) in [4.78, 5) is 25.0. The van der Waals surface area contributed by atoms with Gasteiger partial charge in [-0.15, -0.1) is 0 Å². The molecule has 1 saturated carbocycles. The van der Waals surface area contributed by atoms with E-state index in [1.54, 1.807) is 0 Å². The number of carbonyl (C=O) groups is 2. The lowest BCUT2D eigenvalue weighted by Crippen LogP contribution is -2.44. The Bertz CT molecular complexity index is 885. The summed E-state index contributed by atoms with van der Waals surface area (Å²) in [5, 5.41) is 3.32.